The van der Waals surface area contributed by atoms with E-state index in [9.17, 15) is 15.4 Å². The monoisotopic (exact) mass is 388 g/mol. The highest BCUT2D eigenvalue weighted by Crippen LogP contribution is 2.63. The largest absolute Gasteiger partial charge is 0.411 e. The van der Waals surface area contributed by atoms with E-state index in [1.807, 2.05) is 6.92 Å². The van der Waals surface area contributed by atoms with Gasteiger partial charge in [0.1, 0.15) is 7.11 Å². The van der Waals surface area contributed by atoms with Crippen LogP contribution in [0.4, 0.5) is 0 Å². The van der Waals surface area contributed by atoms with Crippen LogP contribution < -0.4 is 0 Å². The molecule has 3 N–H and O–H groups in total. The van der Waals surface area contributed by atoms with E-state index in [0.29, 0.717) is 18.8 Å². The molecule has 0 heterocycles. The van der Waals surface area contributed by atoms with Crippen molar-refractivity contribution in [3.63, 3.8) is 0 Å². The Hall–Kier alpha value is -1.66. The van der Waals surface area contributed by atoms with Gasteiger partial charge in [-0.05, 0) is 67.6 Å². The fourth-order valence-electron chi connectivity index (χ4n) is 6.72. The van der Waals surface area contributed by atoms with Crippen molar-refractivity contribution >= 4 is 11.4 Å². The Labute approximate surface area is 166 Å². The zero-order valence-corrected chi connectivity index (χ0v) is 17.2. The van der Waals surface area contributed by atoms with Crippen molar-refractivity contribution in [2.24, 2.45) is 38.9 Å². The van der Waals surface area contributed by atoms with E-state index >= 15 is 0 Å². The Morgan fingerprint density at radius 1 is 1.21 bits per heavy atom. The lowest BCUT2D eigenvalue weighted by Gasteiger charge is -2.56. The maximum atomic E-state index is 10.5. The summed E-state index contributed by atoms with van der Waals surface area (Å²) in [6.45, 7) is 6.43. The lowest BCUT2D eigenvalue weighted by Crippen LogP contribution is -2.55. The van der Waals surface area contributed by atoms with Gasteiger partial charge in [0.05, 0.1) is 23.6 Å². The first kappa shape index (κ1) is 19.6. The molecule has 0 spiro atoms. The number of nitrogens with zero attached hydrogens (tertiary/aromatic N) is 2. The van der Waals surface area contributed by atoms with E-state index in [4.69, 9.17) is 4.84 Å². The molecule has 0 aromatic carbocycles. The van der Waals surface area contributed by atoms with Crippen LogP contribution in [-0.2, 0) is 4.84 Å². The highest BCUT2D eigenvalue weighted by atomic mass is 16.6. The maximum absolute atomic E-state index is 10.5. The summed E-state index contributed by atoms with van der Waals surface area (Å²) < 4.78 is 0. The molecule has 0 aromatic rings. The summed E-state index contributed by atoms with van der Waals surface area (Å²) in [5, 5.41) is 38.0. The van der Waals surface area contributed by atoms with Gasteiger partial charge in [-0.1, -0.05) is 30.2 Å². The molecule has 4 aliphatic carbocycles. The molecular weight excluding hydrogens is 356 g/mol. The molecule has 0 amide bonds. The number of aliphatic hydroxyl groups is 2. The molecule has 7 atom stereocenters. The Morgan fingerprint density at radius 2 is 1.96 bits per heavy atom. The Morgan fingerprint density at radius 3 is 2.64 bits per heavy atom. The van der Waals surface area contributed by atoms with Gasteiger partial charge in [0.2, 0.25) is 0 Å². The zero-order chi connectivity index (χ0) is 20.3. The van der Waals surface area contributed by atoms with Crippen molar-refractivity contribution in [3.05, 3.63) is 23.3 Å². The third kappa shape index (κ3) is 2.61. The number of hydrogen-bond donors (Lipinski definition) is 3. The van der Waals surface area contributed by atoms with Crippen molar-refractivity contribution in [2.75, 3.05) is 7.11 Å². The highest BCUT2D eigenvalue weighted by Gasteiger charge is 2.58. The van der Waals surface area contributed by atoms with Crippen molar-refractivity contribution < 1.29 is 20.3 Å². The molecule has 4 aliphatic rings. The van der Waals surface area contributed by atoms with Crippen LogP contribution in [0.25, 0.3) is 0 Å². The summed E-state index contributed by atoms with van der Waals surface area (Å²) in [6.07, 6.45) is 7.05. The molecule has 0 bridgehead atoms. The van der Waals surface area contributed by atoms with Crippen LogP contribution in [0.15, 0.2) is 33.6 Å². The zero-order valence-electron chi connectivity index (χ0n) is 17.2. The number of rotatable bonds is 2. The molecule has 6 heteroatoms. The molecule has 2 fully saturated rings. The summed E-state index contributed by atoms with van der Waals surface area (Å²) in [5.74, 6) is 0.601. The van der Waals surface area contributed by atoms with E-state index in [1.165, 1.54) is 11.1 Å². The molecule has 154 valence electrons. The molecule has 0 saturated heterocycles. The molecule has 4 rings (SSSR count). The summed E-state index contributed by atoms with van der Waals surface area (Å²) in [5.41, 5.74) is 4.06. The van der Waals surface area contributed by atoms with Gasteiger partial charge >= 0.3 is 0 Å². The predicted molar refractivity (Wildman–Crippen MR) is 107 cm³/mol. The summed E-state index contributed by atoms with van der Waals surface area (Å²) in [7, 11) is 1.56. The maximum Gasteiger partial charge on any atom is 0.106 e. The predicted octanol–water partition coefficient (Wildman–Crippen LogP) is 3.28. The average Bonchev–Trinajstić information content (AvgIpc) is 3.01. The minimum Gasteiger partial charge on any atom is -0.411 e. The smallest absolute Gasteiger partial charge is 0.106 e. The lowest BCUT2D eigenvalue weighted by molar-refractivity contribution is -0.0831. The van der Waals surface area contributed by atoms with Gasteiger partial charge in [-0.2, -0.15) is 0 Å². The van der Waals surface area contributed by atoms with Crippen molar-refractivity contribution in [2.45, 2.75) is 65.1 Å². The molecule has 2 saturated carbocycles. The van der Waals surface area contributed by atoms with Crippen molar-refractivity contribution in [3.8, 4) is 0 Å². The standard InChI is InChI=1S/C22H32N2O4/c1-12(23-27)14-5-6-15-13-9-18(24-28-4)17-10-19(25)20(26)11-22(17,3)16(13)7-8-21(14,15)2/h6,9,14,16-17,19-20,25-27H,5,7-8,10-11H2,1-4H3/b23-12?,24-18-/t14-,16?,17+,19-,20+,21-,22-/m1/s1. The Balaban J connectivity index is 1.80. The van der Waals surface area contributed by atoms with Crippen LogP contribution in [0.1, 0.15) is 52.9 Å². The van der Waals surface area contributed by atoms with Crippen LogP contribution in [0.3, 0.4) is 0 Å². The number of oxime groups is 2. The molecule has 0 radical (unpaired) electrons. The van der Waals surface area contributed by atoms with E-state index in [0.717, 1.165) is 30.7 Å². The molecule has 0 aliphatic heterocycles. The fraction of sp³-hybridized carbons (Fsp3) is 0.727. The molecule has 1 unspecified atom stereocenters. The van der Waals surface area contributed by atoms with Gasteiger partial charge in [0.15, 0.2) is 0 Å². The van der Waals surface area contributed by atoms with Crippen LogP contribution in [0.2, 0.25) is 0 Å². The SMILES string of the molecule is CO/N=C1/C=C2C3=CC[C@H](C(C)=NO)[C@@]3(C)CCC2[C@@]2(C)C[C@H](O)[C@H](O)C[C@@H]12. The molecular formula is C22H32N2O4. The number of fused-ring (bicyclic) bond motifs is 5. The summed E-state index contributed by atoms with van der Waals surface area (Å²) in [6, 6.07) is 0. The van der Waals surface area contributed by atoms with Gasteiger partial charge in [0, 0.05) is 17.3 Å². The Bertz CT molecular complexity index is 785. The topological polar surface area (TPSA) is 94.6 Å². The van der Waals surface area contributed by atoms with Crippen molar-refractivity contribution in [1.82, 2.24) is 0 Å². The fourth-order valence-corrected chi connectivity index (χ4v) is 6.72. The summed E-state index contributed by atoms with van der Waals surface area (Å²) >= 11 is 0. The van der Waals surface area contributed by atoms with Crippen LogP contribution in [0, 0.1) is 28.6 Å². The van der Waals surface area contributed by atoms with Gasteiger partial charge in [-0.15, -0.1) is 0 Å². The third-order valence-electron chi connectivity index (χ3n) is 8.26. The minimum absolute atomic E-state index is 0.0488. The van der Waals surface area contributed by atoms with E-state index in [2.05, 4.69) is 36.3 Å². The van der Waals surface area contributed by atoms with E-state index in [1.54, 1.807) is 7.11 Å². The van der Waals surface area contributed by atoms with Crippen LogP contribution in [-0.4, -0.2) is 46.2 Å². The van der Waals surface area contributed by atoms with Crippen LogP contribution >= 0.6 is 0 Å². The number of hydrogen-bond acceptors (Lipinski definition) is 6. The first-order valence-electron chi connectivity index (χ1n) is 10.3. The molecule has 6 nitrogen and oxygen atoms in total. The van der Waals surface area contributed by atoms with E-state index in [-0.39, 0.29) is 22.7 Å². The van der Waals surface area contributed by atoms with Gasteiger partial charge in [0.25, 0.3) is 0 Å². The van der Waals surface area contributed by atoms with Gasteiger partial charge < -0.3 is 20.3 Å². The number of aliphatic hydroxyl groups excluding tert-OH is 2. The molecule has 28 heavy (non-hydrogen) atoms. The van der Waals surface area contributed by atoms with Gasteiger partial charge in [-0.25, -0.2) is 0 Å². The van der Waals surface area contributed by atoms with Gasteiger partial charge in [-0.3, -0.25) is 0 Å². The first-order valence-corrected chi connectivity index (χ1v) is 10.3. The van der Waals surface area contributed by atoms with E-state index < -0.39 is 12.2 Å². The average molecular weight is 389 g/mol. The summed E-state index contributed by atoms with van der Waals surface area (Å²) in [4.78, 5) is 5.16. The normalized spacial score (nSPS) is 47.0. The first-order chi connectivity index (χ1) is 13.3. The third-order valence-corrected chi connectivity index (χ3v) is 8.26. The lowest BCUT2D eigenvalue weighted by atomic mass is 9.48. The quantitative estimate of drug-likeness (QED) is 0.384. The Kier molecular flexibility index (Phi) is 4.70. The molecule has 0 aromatic heterocycles. The second-order valence-corrected chi connectivity index (χ2v) is 9.59. The highest BCUT2D eigenvalue weighted by molar-refractivity contribution is 6.00. The van der Waals surface area contributed by atoms with Crippen molar-refractivity contribution in [1.29, 1.82) is 0 Å². The minimum atomic E-state index is -0.720. The second-order valence-electron chi connectivity index (χ2n) is 9.59. The number of allylic oxidation sites excluding steroid dienone is 4. The second kappa shape index (κ2) is 6.70. The van der Waals surface area contributed by atoms with Crippen LogP contribution in [0.5, 0.6) is 0 Å².